The lowest BCUT2D eigenvalue weighted by Crippen LogP contribution is -2.50. The van der Waals surface area contributed by atoms with Crippen LogP contribution >= 0.6 is 11.8 Å². The number of thioether (sulfide) groups is 1. The summed E-state index contributed by atoms with van der Waals surface area (Å²) >= 11 is 1.59. The van der Waals surface area contributed by atoms with Gasteiger partial charge in [0.25, 0.3) is 5.91 Å². The van der Waals surface area contributed by atoms with Crippen LogP contribution in [-0.2, 0) is 10.0 Å². The van der Waals surface area contributed by atoms with E-state index < -0.39 is 26.6 Å². The van der Waals surface area contributed by atoms with E-state index in [0.717, 1.165) is 21.3 Å². The van der Waals surface area contributed by atoms with Gasteiger partial charge in [-0.1, -0.05) is 26.0 Å². The fourth-order valence-electron chi connectivity index (χ4n) is 3.12. The predicted molar refractivity (Wildman–Crippen MR) is 108 cm³/mol. The van der Waals surface area contributed by atoms with Gasteiger partial charge in [-0.3, -0.25) is 4.79 Å². The molecule has 0 aromatic heterocycles. The zero-order valence-corrected chi connectivity index (χ0v) is 17.8. The maximum Gasteiger partial charge on any atom is 0.255 e. The van der Waals surface area contributed by atoms with Crippen molar-refractivity contribution in [2.45, 2.75) is 28.9 Å². The highest BCUT2D eigenvalue weighted by Gasteiger charge is 2.33. The quantitative estimate of drug-likeness (QED) is 0.667. The van der Waals surface area contributed by atoms with Crippen molar-refractivity contribution < 1.29 is 22.0 Å². The number of nitrogens with zero attached hydrogens (tertiary/aromatic N) is 2. The third-order valence-electron chi connectivity index (χ3n) is 4.52. The van der Waals surface area contributed by atoms with Crippen molar-refractivity contribution in [1.29, 1.82) is 0 Å². The van der Waals surface area contributed by atoms with Crippen molar-refractivity contribution in [3.63, 3.8) is 0 Å². The summed E-state index contributed by atoms with van der Waals surface area (Å²) in [6, 6.07) is 9.68. The summed E-state index contributed by atoms with van der Waals surface area (Å²) in [6.07, 6.45) is 0. The smallest absolute Gasteiger partial charge is 0.255 e. The number of benzene rings is 2. The summed E-state index contributed by atoms with van der Waals surface area (Å²) in [5, 5.41) is 0.312. The molecular formula is C20H22F2N2O3S2. The van der Waals surface area contributed by atoms with E-state index >= 15 is 0 Å². The highest BCUT2D eigenvalue weighted by molar-refractivity contribution is 8.00. The molecule has 5 nitrogen and oxygen atoms in total. The van der Waals surface area contributed by atoms with Gasteiger partial charge in [0.05, 0.1) is 5.56 Å². The molecule has 0 aliphatic carbocycles. The third-order valence-corrected chi connectivity index (χ3v) is 7.51. The molecule has 2 aromatic rings. The first-order valence-corrected chi connectivity index (χ1v) is 11.5. The van der Waals surface area contributed by atoms with E-state index in [-0.39, 0.29) is 32.1 Å². The van der Waals surface area contributed by atoms with Crippen LogP contribution in [0.1, 0.15) is 24.2 Å². The van der Waals surface area contributed by atoms with E-state index in [9.17, 15) is 22.0 Å². The van der Waals surface area contributed by atoms with Crippen LogP contribution in [0.2, 0.25) is 0 Å². The molecule has 1 saturated heterocycles. The second-order valence-corrected chi connectivity index (χ2v) is 10.5. The van der Waals surface area contributed by atoms with Crippen molar-refractivity contribution in [1.82, 2.24) is 9.21 Å². The summed E-state index contributed by atoms with van der Waals surface area (Å²) in [5.74, 6) is -1.98. The van der Waals surface area contributed by atoms with Gasteiger partial charge < -0.3 is 4.90 Å². The Morgan fingerprint density at radius 2 is 1.69 bits per heavy atom. The normalized spacial score (nSPS) is 15.7. The van der Waals surface area contributed by atoms with Crippen LogP contribution in [0.15, 0.2) is 52.3 Å². The summed E-state index contributed by atoms with van der Waals surface area (Å²) in [7, 11) is -4.18. The molecule has 0 bridgehead atoms. The lowest BCUT2D eigenvalue weighted by atomic mass is 10.2. The van der Waals surface area contributed by atoms with Crippen LogP contribution in [0, 0.1) is 11.6 Å². The van der Waals surface area contributed by atoms with E-state index in [1.165, 1.54) is 0 Å². The predicted octanol–water partition coefficient (Wildman–Crippen LogP) is 3.61. The molecule has 0 spiro atoms. The highest BCUT2D eigenvalue weighted by atomic mass is 32.2. The van der Waals surface area contributed by atoms with E-state index in [1.54, 1.807) is 28.8 Å². The van der Waals surface area contributed by atoms with Gasteiger partial charge in [0.15, 0.2) is 0 Å². The van der Waals surface area contributed by atoms with Crippen LogP contribution in [0.4, 0.5) is 8.78 Å². The molecule has 1 aliphatic heterocycles. The number of carbonyl (C=O) groups is 1. The van der Waals surface area contributed by atoms with Gasteiger partial charge in [-0.2, -0.15) is 4.31 Å². The molecule has 156 valence electrons. The number of hydrogen-bond donors (Lipinski definition) is 0. The molecule has 29 heavy (non-hydrogen) atoms. The van der Waals surface area contributed by atoms with Gasteiger partial charge in [-0.05, 0) is 30.3 Å². The van der Waals surface area contributed by atoms with Crippen molar-refractivity contribution >= 4 is 27.7 Å². The second-order valence-electron chi connectivity index (χ2n) is 6.93. The van der Waals surface area contributed by atoms with Crippen molar-refractivity contribution in [3.8, 4) is 0 Å². The number of amides is 1. The number of halogens is 2. The molecule has 0 saturated carbocycles. The minimum absolute atomic E-state index is 0.0174. The standard InChI is InChI=1S/C20H22F2N2O3S2/c1-14(2)28-18-6-4-3-5-16(18)20(25)23-9-11-24(12-10-23)29(26,27)19-13-15(21)7-8-17(19)22/h3-8,13-14H,9-12H2,1-2H3. The topological polar surface area (TPSA) is 57.7 Å². The fraction of sp³-hybridized carbons (Fsp3) is 0.350. The average Bonchev–Trinajstić information content (AvgIpc) is 2.69. The largest absolute Gasteiger partial charge is 0.336 e. The number of piperazine rings is 1. The van der Waals surface area contributed by atoms with Crippen molar-refractivity contribution in [2.24, 2.45) is 0 Å². The fourth-order valence-corrected chi connectivity index (χ4v) is 5.56. The minimum atomic E-state index is -4.18. The molecule has 3 rings (SSSR count). The number of carbonyl (C=O) groups excluding carboxylic acids is 1. The van der Waals surface area contributed by atoms with Crippen LogP contribution in [0.25, 0.3) is 0 Å². The van der Waals surface area contributed by atoms with E-state index in [2.05, 4.69) is 0 Å². The first-order chi connectivity index (χ1) is 13.7. The Labute approximate surface area is 173 Å². The maximum absolute atomic E-state index is 14.0. The monoisotopic (exact) mass is 440 g/mol. The maximum atomic E-state index is 14.0. The van der Waals surface area contributed by atoms with Gasteiger partial charge in [0.2, 0.25) is 10.0 Å². The summed E-state index contributed by atoms with van der Waals surface area (Å²) in [6.45, 7) is 4.47. The van der Waals surface area contributed by atoms with Gasteiger partial charge in [-0.15, -0.1) is 11.8 Å². The van der Waals surface area contributed by atoms with Crippen molar-refractivity contribution in [3.05, 3.63) is 59.7 Å². The third kappa shape index (κ3) is 4.79. The van der Waals surface area contributed by atoms with Gasteiger partial charge in [0, 0.05) is 36.3 Å². The molecule has 0 radical (unpaired) electrons. The Bertz CT molecular complexity index is 1000. The Morgan fingerprint density at radius 3 is 2.34 bits per heavy atom. The highest BCUT2D eigenvalue weighted by Crippen LogP contribution is 2.28. The molecule has 0 N–H and O–H groups in total. The van der Waals surface area contributed by atoms with Crippen LogP contribution in [0.3, 0.4) is 0 Å². The molecule has 1 heterocycles. The lowest BCUT2D eigenvalue weighted by molar-refractivity contribution is 0.0694. The van der Waals surface area contributed by atoms with E-state index in [1.807, 2.05) is 26.0 Å². The average molecular weight is 441 g/mol. The van der Waals surface area contributed by atoms with Gasteiger partial charge in [-0.25, -0.2) is 17.2 Å². The SMILES string of the molecule is CC(C)Sc1ccccc1C(=O)N1CCN(S(=O)(=O)c2cc(F)ccc2F)CC1. The first-order valence-electron chi connectivity index (χ1n) is 9.20. The first kappa shape index (κ1) is 21.7. The Kier molecular flexibility index (Phi) is 6.60. The van der Waals surface area contributed by atoms with Crippen LogP contribution < -0.4 is 0 Å². The molecule has 1 fully saturated rings. The van der Waals surface area contributed by atoms with Gasteiger partial charge >= 0.3 is 0 Å². The summed E-state index contributed by atoms with van der Waals surface area (Å²) < 4.78 is 53.9. The Balaban J connectivity index is 1.74. The molecule has 1 amide bonds. The lowest BCUT2D eigenvalue weighted by Gasteiger charge is -2.34. The van der Waals surface area contributed by atoms with Crippen LogP contribution in [-0.4, -0.2) is 55.0 Å². The Hall–Kier alpha value is -1.97. The Morgan fingerprint density at radius 1 is 1.03 bits per heavy atom. The number of sulfonamides is 1. The summed E-state index contributed by atoms with van der Waals surface area (Å²) in [5.41, 5.74) is 0.582. The zero-order valence-electron chi connectivity index (χ0n) is 16.1. The number of rotatable bonds is 5. The molecular weight excluding hydrogens is 418 g/mol. The molecule has 9 heteroatoms. The molecule has 2 aromatic carbocycles. The number of hydrogen-bond acceptors (Lipinski definition) is 4. The van der Waals surface area contributed by atoms with E-state index in [4.69, 9.17) is 0 Å². The molecule has 0 atom stereocenters. The van der Waals surface area contributed by atoms with Crippen LogP contribution in [0.5, 0.6) is 0 Å². The van der Waals surface area contributed by atoms with Gasteiger partial charge in [0.1, 0.15) is 16.5 Å². The minimum Gasteiger partial charge on any atom is -0.336 e. The van der Waals surface area contributed by atoms with E-state index in [0.29, 0.717) is 16.9 Å². The second kappa shape index (κ2) is 8.81. The molecule has 1 aliphatic rings. The summed E-state index contributed by atoms with van der Waals surface area (Å²) in [4.78, 5) is 14.7. The van der Waals surface area contributed by atoms with Crippen molar-refractivity contribution in [2.75, 3.05) is 26.2 Å². The molecule has 0 unspecified atom stereocenters. The zero-order chi connectivity index (χ0) is 21.2.